The third-order valence-electron chi connectivity index (χ3n) is 3.38. The Labute approximate surface area is 102 Å². The van der Waals surface area contributed by atoms with Gasteiger partial charge in [0, 0.05) is 44.8 Å². The molecule has 0 saturated carbocycles. The number of aliphatic hydroxyl groups is 1. The van der Waals surface area contributed by atoms with Gasteiger partial charge in [0.2, 0.25) is 0 Å². The molecule has 4 nitrogen and oxygen atoms in total. The fourth-order valence-corrected chi connectivity index (χ4v) is 2.47. The average Bonchev–Trinajstić information content (AvgIpc) is 2.92. The molecule has 0 bridgehead atoms. The maximum absolute atomic E-state index is 9.46. The minimum atomic E-state index is 0.232. The van der Waals surface area contributed by atoms with E-state index in [1.807, 2.05) is 31.0 Å². The third-order valence-corrected chi connectivity index (χ3v) is 3.38. The standard InChI is InChI=1S/C13H19N3O/c1-3-4-5-16-8-12(10-17)13(9-16)11-6-14-15(2)7-11/h6-7,12-13,17H,5,8-10H2,1-2H3/t12-,13-/m0/s1. The van der Waals surface area contributed by atoms with Crippen LogP contribution < -0.4 is 0 Å². The Morgan fingerprint density at radius 1 is 1.53 bits per heavy atom. The van der Waals surface area contributed by atoms with E-state index in [9.17, 15) is 5.11 Å². The number of nitrogens with zero attached hydrogens (tertiary/aromatic N) is 3. The van der Waals surface area contributed by atoms with Gasteiger partial charge in [-0.25, -0.2) is 0 Å². The van der Waals surface area contributed by atoms with Crippen LogP contribution in [-0.4, -0.2) is 46.0 Å². The molecule has 0 aliphatic carbocycles. The number of aromatic nitrogens is 2. The van der Waals surface area contributed by atoms with Crippen LogP contribution in [0.5, 0.6) is 0 Å². The Morgan fingerprint density at radius 3 is 2.94 bits per heavy atom. The van der Waals surface area contributed by atoms with Gasteiger partial charge >= 0.3 is 0 Å². The van der Waals surface area contributed by atoms with E-state index < -0.39 is 0 Å². The molecule has 92 valence electrons. The van der Waals surface area contributed by atoms with Crippen molar-refractivity contribution in [1.29, 1.82) is 0 Å². The largest absolute Gasteiger partial charge is 0.396 e. The first kappa shape index (κ1) is 12.2. The SMILES string of the molecule is CC#CCN1C[C@@H](CO)[C@H](c2cnn(C)c2)C1. The van der Waals surface area contributed by atoms with Gasteiger partial charge in [0.15, 0.2) is 0 Å². The first-order chi connectivity index (χ1) is 8.24. The Hall–Kier alpha value is -1.31. The van der Waals surface area contributed by atoms with Crippen LogP contribution in [0.25, 0.3) is 0 Å². The lowest BCUT2D eigenvalue weighted by atomic mass is 9.92. The van der Waals surface area contributed by atoms with Crippen LogP contribution in [-0.2, 0) is 7.05 Å². The highest BCUT2D eigenvalue weighted by Gasteiger charge is 2.33. The zero-order valence-corrected chi connectivity index (χ0v) is 10.4. The summed E-state index contributed by atoms with van der Waals surface area (Å²) in [6.07, 6.45) is 3.95. The molecule has 1 aliphatic rings. The van der Waals surface area contributed by atoms with E-state index in [0.29, 0.717) is 11.8 Å². The zero-order valence-electron chi connectivity index (χ0n) is 10.4. The molecular formula is C13H19N3O. The summed E-state index contributed by atoms with van der Waals surface area (Å²) in [7, 11) is 1.92. The molecule has 1 aromatic rings. The lowest BCUT2D eigenvalue weighted by Gasteiger charge is -2.13. The summed E-state index contributed by atoms with van der Waals surface area (Å²) < 4.78 is 1.82. The number of hydrogen-bond acceptors (Lipinski definition) is 3. The van der Waals surface area contributed by atoms with Crippen molar-refractivity contribution in [3.63, 3.8) is 0 Å². The van der Waals surface area contributed by atoms with Crippen LogP contribution in [0.4, 0.5) is 0 Å². The van der Waals surface area contributed by atoms with E-state index in [4.69, 9.17) is 0 Å². The van der Waals surface area contributed by atoms with Crippen LogP contribution >= 0.6 is 0 Å². The molecule has 2 heterocycles. The van der Waals surface area contributed by atoms with Crippen molar-refractivity contribution >= 4 is 0 Å². The van der Waals surface area contributed by atoms with Crippen LogP contribution in [0.15, 0.2) is 12.4 Å². The molecule has 0 spiro atoms. The normalized spacial score (nSPS) is 24.6. The molecule has 0 radical (unpaired) electrons. The monoisotopic (exact) mass is 233 g/mol. The second kappa shape index (κ2) is 5.35. The molecule has 4 heteroatoms. The van der Waals surface area contributed by atoms with E-state index >= 15 is 0 Å². The molecule has 17 heavy (non-hydrogen) atoms. The number of rotatable bonds is 3. The molecular weight excluding hydrogens is 214 g/mol. The van der Waals surface area contributed by atoms with Crippen molar-refractivity contribution in [2.45, 2.75) is 12.8 Å². The lowest BCUT2D eigenvalue weighted by Crippen LogP contribution is -2.21. The smallest absolute Gasteiger partial charge is 0.0601 e. The first-order valence-corrected chi connectivity index (χ1v) is 5.96. The summed E-state index contributed by atoms with van der Waals surface area (Å²) in [4.78, 5) is 2.30. The summed E-state index contributed by atoms with van der Waals surface area (Å²) in [5.41, 5.74) is 1.22. The Morgan fingerprint density at radius 2 is 2.35 bits per heavy atom. The first-order valence-electron chi connectivity index (χ1n) is 5.96. The van der Waals surface area contributed by atoms with Crippen molar-refractivity contribution in [3.05, 3.63) is 18.0 Å². The number of aryl methyl sites for hydroxylation is 1. The van der Waals surface area contributed by atoms with Gasteiger partial charge in [0.25, 0.3) is 0 Å². The van der Waals surface area contributed by atoms with Crippen LogP contribution in [0.3, 0.4) is 0 Å². The molecule has 1 saturated heterocycles. The van der Waals surface area contributed by atoms with E-state index in [1.165, 1.54) is 5.56 Å². The fourth-order valence-electron chi connectivity index (χ4n) is 2.47. The predicted molar refractivity (Wildman–Crippen MR) is 66.4 cm³/mol. The molecule has 2 atom stereocenters. The van der Waals surface area contributed by atoms with Gasteiger partial charge in [-0.05, 0) is 12.5 Å². The van der Waals surface area contributed by atoms with Crippen molar-refractivity contribution < 1.29 is 5.11 Å². The highest BCUT2D eigenvalue weighted by Crippen LogP contribution is 2.31. The Kier molecular flexibility index (Phi) is 3.82. The summed E-state index contributed by atoms with van der Waals surface area (Å²) >= 11 is 0. The highest BCUT2D eigenvalue weighted by molar-refractivity contribution is 5.16. The Balaban J connectivity index is 2.08. The summed E-state index contributed by atoms with van der Waals surface area (Å²) in [5, 5.41) is 13.7. The summed E-state index contributed by atoms with van der Waals surface area (Å²) in [6, 6.07) is 0. The van der Waals surface area contributed by atoms with Gasteiger partial charge in [-0.2, -0.15) is 5.10 Å². The molecule has 1 aromatic heterocycles. The molecule has 0 aromatic carbocycles. The number of hydrogen-bond donors (Lipinski definition) is 1. The molecule has 1 N–H and O–H groups in total. The van der Waals surface area contributed by atoms with Crippen molar-refractivity contribution in [3.8, 4) is 11.8 Å². The van der Waals surface area contributed by atoms with Gasteiger partial charge in [-0.3, -0.25) is 9.58 Å². The number of likely N-dealkylation sites (tertiary alicyclic amines) is 1. The van der Waals surface area contributed by atoms with Crippen molar-refractivity contribution in [1.82, 2.24) is 14.7 Å². The number of aliphatic hydroxyl groups excluding tert-OH is 1. The maximum Gasteiger partial charge on any atom is 0.0601 e. The van der Waals surface area contributed by atoms with Gasteiger partial charge in [0.1, 0.15) is 0 Å². The van der Waals surface area contributed by atoms with Crippen molar-refractivity contribution in [2.24, 2.45) is 13.0 Å². The van der Waals surface area contributed by atoms with Crippen LogP contribution in [0.2, 0.25) is 0 Å². The Bertz CT molecular complexity index is 429. The summed E-state index contributed by atoms with van der Waals surface area (Å²) in [5.74, 6) is 6.69. The maximum atomic E-state index is 9.46. The molecule has 0 unspecified atom stereocenters. The molecule has 2 rings (SSSR count). The molecule has 0 amide bonds. The fraction of sp³-hybridized carbons (Fsp3) is 0.615. The minimum Gasteiger partial charge on any atom is -0.396 e. The van der Waals surface area contributed by atoms with Gasteiger partial charge in [-0.15, -0.1) is 5.92 Å². The topological polar surface area (TPSA) is 41.3 Å². The molecule has 1 aliphatic heterocycles. The zero-order chi connectivity index (χ0) is 12.3. The summed E-state index contributed by atoms with van der Waals surface area (Å²) in [6.45, 7) is 4.77. The van der Waals surface area contributed by atoms with Gasteiger partial charge < -0.3 is 5.11 Å². The van der Waals surface area contributed by atoms with E-state index in [-0.39, 0.29) is 6.61 Å². The second-order valence-corrected chi connectivity index (χ2v) is 4.62. The van der Waals surface area contributed by atoms with Crippen LogP contribution in [0, 0.1) is 17.8 Å². The third kappa shape index (κ3) is 2.68. The quantitative estimate of drug-likeness (QED) is 0.771. The van der Waals surface area contributed by atoms with Gasteiger partial charge in [0.05, 0.1) is 12.7 Å². The van der Waals surface area contributed by atoms with E-state index in [0.717, 1.165) is 19.6 Å². The predicted octanol–water partition coefficient (Wildman–Crippen LogP) is 0.451. The lowest BCUT2D eigenvalue weighted by molar-refractivity contribution is 0.218. The van der Waals surface area contributed by atoms with Crippen LogP contribution in [0.1, 0.15) is 18.4 Å². The van der Waals surface area contributed by atoms with E-state index in [2.05, 4.69) is 21.8 Å². The molecule has 1 fully saturated rings. The van der Waals surface area contributed by atoms with Gasteiger partial charge in [-0.1, -0.05) is 5.92 Å². The highest BCUT2D eigenvalue weighted by atomic mass is 16.3. The van der Waals surface area contributed by atoms with Crippen molar-refractivity contribution in [2.75, 3.05) is 26.2 Å². The minimum absolute atomic E-state index is 0.232. The average molecular weight is 233 g/mol. The van der Waals surface area contributed by atoms with E-state index in [1.54, 1.807) is 0 Å². The second-order valence-electron chi connectivity index (χ2n) is 4.62.